The second-order valence-electron chi connectivity index (χ2n) is 1.31. The Morgan fingerprint density at radius 2 is 2.22 bits per heavy atom. The molecule has 47 valence electrons. The van der Waals surface area contributed by atoms with E-state index in [1.807, 2.05) is 18.4 Å². The zero-order valence-electron chi connectivity index (χ0n) is 5.03. The molecule has 0 nitrogen and oxygen atoms in total. The Morgan fingerprint density at radius 1 is 1.67 bits per heavy atom. The third-order valence-electron chi connectivity index (χ3n) is 0.606. The summed E-state index contributed by atoms with van der Waals surface area (Å²) in [7, 11) is 0. The fourth-order valence-corrected chi connectivity index (χ4v) is 0.891. The average molecular weight is 322 g/mol. The van der Waals surface area contributed by atoms with E-state index < -0.39 is 0 Å². The van der Waals surface area contributed by atoms with Crippen LogP contribution in [0.1, 0.15) is 5.56 Å². The Morgan fingerprint density at radius 3 is 2.33 bits per heavy atom. The first kappa shape index (κ1) is 10.3. The number of rotatable bonds is 0. The maximum absolute atomic E-state index is 3.25. The summed E-state index contributed by atoms with van der Waals surface area (Å²) in [5.41, 5.74) is 1.24. The molecule has 0 atom stereocenters. The van der Waals surface area contributed by atoms with Crippen molar-refractivity contribution >= 4 is 38.6 Å². The summed E-state index contributed by atoms with van der Waals surface area (Å²) in [4.78, 5) is 0. The van der Waals surface area contributed by atoms with Gasteiger partial charge in [0.25, 0.3) is 0 Å². The second kappa shape index (κ2) is 7.39. The minimum atomic E-state index is -0.250. The average Bonchev–Trinajstić information content (AvgIpc) is 2.20. The molecule has 1 aromatic heterocycles. The molecule has 0 aromatic carbocycles. The van der Waals surface area contributed by atoms with Crippen LogP contribution < -0.4 is 0 Å². The van der Waals surface area contributed by atoms with E-state index in [1.54, 1.807) is 11.3 Å². The van der Waals surface area contributed by atoms with Gasteiger partial charge in [-0.15, -0.1) is 11.3 Å². The Kier molecular flexibility index (Phi) is 8.45. The number of halogens is 2. The van der Waals surface area contributed by atoms with E-state index in [4.69, 9.17) is 0 Å². The van der Waals surface area contributed by atoms with Crippen molar-refractivity contribution in [1.29, 1.82) is 0 Å². The summed E-state index contributed by atoms with van der Waals surface area (Å²) in [5.74, 6) is 0. The first-order chi connectivity index (χ1) is 4.31. The van der Waals surface area contributed by atoms with Crippen LogP contribution in [0.15, 0.2) is 11.4 Å². The van der Waals surface area contributed by atoms with Gasteiger partial charge in [-0.2, -0.15) is 0 Å². The van der Waals surface area contributed by atoms with Gasteiger partial charge in [-0.3, -0.25) is 0 Å². The molecule has 0 amide bonds. The molecule has 1 radical (unpaired) electrons. The Labute approximate surface area is 80.4 Å². The van der Waals surface area contributed by atoms with Crippen LogP contribution in [0.2, 0.25) is 0 Å². The molecule has 1 heterocycles. The summed E-state index contributed by atoms with van der Waals surface area (Å²) in [5, 5.41) is 5.06. The second-order valence-corrected chi connectivity index (χ2v) is 16.1. The van der Waals surface area contributed by atoms with Gasteiger partial charge in [0.1, 0.15) is 0 Å². The molecule has 9 heavy (non-hydrogen) atoms. The molecular formula is C5H5Br2SZn. The van der Waals surface area contributed by atoms with Gasteiger partial charge in [0, 0.05) is 5.38 Å². The fourth-order valence-electron chi connectivity index (χ4n) is 0.297. The van der Waals surface area contributed by atoms with Crippen LogP contribution in [0.3, 0.4) is 0 Å². The molecule has 0 aliphatic heterocycles. The van der Waals surface area contributed by atoms with Crippen LogP contribution in [-0.2, 0) is 13.2 Å². The van der Waals surface area contributed by atoms with E-state index in [0.29, 0.717) is 0 Å². The Balaban J connectivity index is 0.000000187. The van der Waals surface area contributed by atoms with Gasteiger partial charge in [0.15, 0.2) is 0 Å². The van der Waals surface area contributed by atoms with Crippen molar-refractivity contribution in [2.45, 2.75) is 6.92 Å². The molecule has 0 fully saturated rings. The van der Waals surface area contributed by atoms with Gasteiger partial charge >= 0.3 is 40.5 Å². The molecule has 0 aliphatic rings. The van der Waals surface area contributed by atoms with Crippen LogP contribution >= 0.6 is 38.6 Å². The summed E-state index contributed by atoms with van der Waals surface area (Å²) in [6.45, 7) is 2.04. The normalized spacial score (nSPS) is 7.00. The van der Waals surface area contributed by atoms with Crippen molar-refractivity contribution in [3.63, 3.8) is 0 Å². The molecule has 4 heteroatoms. The molecule has 0 N–H and O–H groups in total. The van der Waals surface area contributed by atoms with Gasteiger partial charge in [0.2, 0.25) is 0 Å². The van der Waals surface area contributed by atoms with E-state index in [-0.39, 0.29) is 13.2 Å². The minimum absolute atomic E-state index is 0.250. The van der Waals surface area contributed by atoms with Crippen LogP contribution in [0.5, 0.6) is 0 Å². The predicted octanol–water partition coefficient (Wildman–Crippen LogP) is 3.55. The first-order valence-corrected chi connectivity index (χ1v) is 17.1. The number of hydrogen-bond acceptors (Lipinski definition) is 1. The topological polar surface area (TPSA) is 0 Å². The van der Waals surface area contributed by atoms with Crippen LogP contribution in [-0.4, -0.2) is 0 Å². The molecular weight excluding hydrogens is 317 g/mol. The summed E-state index contributed by atoms with van der Waals surface area (Å²) >= 11 is 7.86. The van der Waals surface area contributed by atoms with Gasteiger partial charge in [-0.05, 0) is 23.9 Å². The Bertz CT molecular complexity index is 130. The van der Waals surface area contributed by atoms with Crippen LogP contribution in [0.4, 0.5) is 0 Å². The number of aryl methyl sites for hydroxylation is 1. The summed E-state index contributed by atoms with van der Waals surface area (Å²) in [6, 6.07) is 2.05. The van der Waals surface area contributed by atoms with E-state index >= 15 is 0 Å². The summed E-state index contributed by atoms with van der Waals surface area (Å²) < 4.78 is 0. The third kappa shape index (κ3) is 7.18. The number of hydrogen-bond donors (Lipinski definition) is 0. The molecule has 1 rings (SSSR count). The molecule has 0 spiro atoms. The monoisotopic (exact) mass is 319 g/mol. The van der Waals surface area contributed by atoms with Gasteiger partial charge in [0.05, 0.1) is 0 Å². The van der Waals surface area contributed by atoms with Crippen molar-refractivity contribution in [3.05, 3.63) is 22.4 Å². The zero-order chi connectivity index (χ0) is 7.11. The predicted molar refractivity (Wildman–Crippen MR) is 45.7 cm³/mol. The third-order valence-corrected chi connectivity index (χ3v) is 1.32. The van der Waals surface area contributed by atoms with E-state index in [9.17, 15) is 0 Å². The van der Waals surface area contributed by atoms with Crippen molar-refractivity contribution < 1.29 is 13.2 Å². The SMILES string of the molecule is Cc1[c]scc1.[Br][Zn][Br]. The quantitative estimate of drug-likeness (QED) is 0.641. The standard InChI is InChI=1S/C5H5S.2BrH.Zn/c1-5-2-3-6-4-5;;;/h2-3H,1H3;2*1H;/q;;;+2/p-2. The van der Waals surface area contributed by atoms with Crippen molar-refractivity contribution in [2.75, 3.05) is 0 Å². The van der Waals surface area contributed by atoms with Crippen molar-refractivity contribution in [1.82, 2.24) is 0 Å². The van der Waals surface area contributed by atoms with Crippen molar-refractivity contribution in [3.8, 4) is 0 Å². The van der Waals surface area contributed by atoms with Crippen molar-refractivity contribution in [2.24, 2.45) is 0 Å². The molecule has 0 saturated carbocycles. The fraction of sp³-hybridized carbons (Fsp3) is 0.200. The molecule has 0 aliphatic carbocycles. The van der Waals surface area contributed by atoms with Gasteiger partial charge in [-0.25, -0.2) is 0 Å². The van der Waals surface area contributed by atoms with E-state index in [1.165, 1.54) is 5.56 Å². The van der Waals surface area contributed by atoms with E-state index in [0.717, 1.165) is 0 Å². The van der Waals surface area contributed by atoms with Gasteiger partial charge in [-0.1, -0.05) is 0 Å². The first-order valence-electron chi connectivity index (χ1n) is 2.35. The molecule has 1 aromatic rings. The molecule has 0 saturated heterocycles. The molecule has 0 bridgehead atoms. The molecule has 0 unspecified atom stereocenters. The Hall–Kier alpha value is 1.28. The van der Waals surface area contributed by atoms with Crippen LogP contribution in [0.25, 0.3) is 0 Å². The van der Waals surface area contributed by atoms with Gasteiger partial charge < -0.3 is 0 Å². The number of thiophene rings is 1. The van der Waals surface area contributed by atoms with E-state index in [2.05, 4.69) is 32.6 Å². The zero-order valence-corrected chi connectivity index (χ0v) is 12.0. The maximum atomic E-state index is 3.25. The summed E-state index contributed by atoms with van der Waals surface area (Å²) in [6.07, 6.45) is 0. The van der Waals surface area contributed by atoms with Crippen LogP contribution in [0, 0.1) is 12.3 Å².